The van der Waals surface area contributed by atoms with E-state index in [9.17, 15) is 14.9 Å². The highest BCUT2D eigenvalue weighted by Crippen LogP contribution is 2.31. The molecule has 0 bridgehead atoms. The number of thiazole rings is 1. The van der Waals surface area contributed by atoms with Gasteiger partial charge in [0, 0.05) is 67.0 Å². The Hall–Kier alpha value is -2.98. The summed E-state index contributed by atoms with van der Waals surface area (Å²) in [7, 11) is 0. The maximum Gasteiger partial charge on any atom is 0.317 e. The lowest BCUT2D eigenvalue weighted by atomic mass is 10.1. The Bertz CT molecular complexity index is 1150. The summed E-state index contributed by atoms with van der Waals surface area (Å²) in [5, 5.41) is 14.3. The summed E-state index contributed by atoms with van der Waals surface area (Å²) in [5.41, 5.74) is 2.32. The normalized spacial score (nSPS) is 15.3. The largest absolute Gasteiger partial charge is 0.333 e. The minimum Gasteiger partial charge on any atom is -0.333 e. The number of amides is 2. The number of nitro benzene ring substituents is 1. The number of imidazole rings is 1. The molecule has 0 unspecified atom stereocenters. The number of non-ortho nitro benzene ring substituents is 1. The highest BCUT2D eigenvalue weighted by Gasteiger charge is 2.26. The van der Waals surface area contributed by atoms with Crippen LogP contribution in [-0.4, -0.2) is 61.9 Å². The summed E-state index contributed by atoms with van der Waals surface area (Å²) in [4.78, 5) is 34.3. The number of aryl methyl sites for hydroxylation is 1. The Morgan fingerprint density at radius 1 is 1.25 bits per heavy atom. The number of nitro groups is 1. The number of nitrogens with zero attached hydrogens (tertiary/aromatic N) is 5. The van der Waals surface area contributed by atoms with Crippen molar-refractivity contribution < 1.29 is 9.72 Å². The third-order valence-corrected chi connectivity index (χ3v) is 6.28. The molecule has 3 aromatic rings. The average molecular weight is 457 g/mol. The number of aromatic nitrogens is 2. The van der Waals surface area contributed by atoms with Crippen molar-refractivity contribution in [3.05, 3.63) is 51.1 Å². The summed E-state index contributed by atoms with van der Waals surface area (Å²) in [6.45, 7) is 11.4. The maximum absolute atomic E-state index is 12.5. The van der Waals surface area contributed by atoms with Crippen LogP contribution >= 0.6 is 11.3 Å². The first-order valence-corrected chi connectivity index (χ1v) is 11.4. The van der Waals surface area contributed by atoms with Crippen LogP contribution in [0, 0.1) is 17.0 Å². The van der Waals surface area contributed by atoms with E-state index in [1.54, 1.807) is 23.5 Å². The predicted octanol–water partition coefficient (Wildman–Crippen LogP) is 3.91. The van der Waals surface area contributed by atoms with E-state index in [1.165, 1.54) is 6.07 Å². The van der Waals surface area contributed by atoms with Crippen molar-refractivity contribution in [2.24, 2.45) is 0 Å². The molecule has 170 valence electrons. The number of fused-ring (bicyclic) bond motifs is 1. The van der Waals surface area contributed by atoms with Gasteiger partial charge in [-0.05, 0) is 27.7 Å². The minimum atomic E-state index is -0.381. The van der Waals surface area contributed by atoms with Crippen LogP contribution in [0.25, 0.3) is 16.2 Å². The van der Waals surface area contributed by atoms with Crippen molar-refractivity contribution in [1.29, 1.82) is 0 Å². The molecule has 1 fully saturated rings. The molecule has 1 N–H and O–H groups in total. The fourth-order valence-electron chi connectivity index (χ4n) is 3.87. The Morgan fingerprint density at radius 2 is 1.97 bits per heavy atom. The molecule has 1 aliphatic rings. The number of carbonyl (C=O) groups excluding carboxylic acids is 1. The molecule has 10 heteroatoms. The van der Waals surface area contributed by atoms with Gasteiger partial charge in [-0.1, -0.05) is 12.1 Å². The second-order valence-electron chi connectivity index (χ2n) is 9.15. The molecular weight excluding hydrogens is 428 g/mol. The van der Waals surface area contributed by atoms with E-state index in [-0.39, 0.29) is 22.2 Å². The van der Waals surface area contributed by atoms with Gasteiger partial charge in [0.2, 0.25) is 0 Å². The Balaban J connectivity index is 1.56. The topological polar surface area (TPSA) is 96.0 Å². The number of nitrogens with one attached hydrogen (secondary N) is 1. The van der Waals surface area contributed by atoms with E-state index in [4.69, 9.17) is 4.98 Å². The molecule has 0 atom stereocenters. The number of hydrogen-bond donors (Lipinski definition) is 1. The molecule has 0 spiro atoms. The summed E-state index contributed by atoms with van der Waals surface area (Å²) >= 11 is 1.60. The molecule has 0 saturated carbocycles. The van der Waals surface area contributed by atoms with Gasteiger partial charge in [0.25, 0.3) is 5.69 Å². The van der Waals surface area contributed by atoms with Crippen molar-refractivity contribution in [2.45, 2.75) is 39.8 Å². The van der Waals surface area contributed by atoms with Crippen molar-refractivity contribution >= 4 is 28.0 Å². The maximum atomic E-state index is 12.5. The van der Waals surface area contributed by atoms with E-state index >= 15 is 0 Å². The fourth-order valence-corrected chi connectivity index (χ4v) is 4.71. The first kappa shape index (κ1) is 22.2. The number of benzene rings is 1. The van der Waals surface area contributed by atoms with Crippen LogP contribution < -0.4 is 5.32 Å². The van der Waals surface area contributed by atoms with Crippen LogP contribution in [0.4, 0.5) is 10.5 Å². The quantitative estimate of drug-likeness (QED) is 0.474. The zero-order valence-corrected chi connectivity index (χ0v) is 19.6. The zero-order valence-electron chi connectivity index (χ0n) is 18.8. The van der Waals surface area contributed by atoms with Crippen LogP contribution in [0.5, 0.6) is 0 Å². The third-order valence-electron chi connectivity index (χ3n) is 5.39. The van der Waals surface area contributed by atoms with E-state index in [1.807, 2.05) is 38.7 Å². The van der Waals surface area contributed by atoms with Gasteiger partial charge >= 0.3 is 6.03 Å². The predicted molar refractivity (Wildman–Crippen MR) is 125 cm³/mol. The van der Waals surface area contributed by atoms with E-state index < -0.39 is 0 Å². The van der Waals surface area contributed by atoms with Crippen molar-refractivity contribution in [3.63, 3.8) is 0 Å². The van der Waals surface area contributed by atoms with Gasteiger partial charge in [-0.3, -0.25) is 19.4 Å². The van der Waals surface area contributed by atoms with Crippen LogP contribution in [-0.2, 0) is 6.54 Å². The molecular formula is C22H28N6O3S. The highest BCUT2D eigenvalue weighted by molar-refractivity contribution is 7.17. The molecule has 1 saturated heterocycles. The van der Waals surface area contributed by atoms with Crippen molar-refractivity contribution in [2.75, 3.05) is 26.2 Å². The van der Waals surface area contributed by atoms with Crippen molar-refractivity contribution in [1.82, 2.24) is 24.5 Å². The van der Waals surface area contributed by atoms with Gasteiger partial charge < -0.3 is 10.2 Å². The molecule has 1 aromatic carbocycles. The number of carbonyl (C=O) groups is 1. The second kappa shape index (κ2) is 8.51. The van der Waals surface area contributed by atoms with Gasteiger partial charge in [-0.2, -0.15) is 0 Å². The average Bonchev–Trinajstić information content (AvgIpc) is 3.24. The molecule has 0 radical (unpaired) electrons. The second-order valence-corrected chi connectivity index (χ2v) is 10.4. The third kappa shape index (κ3) is 4.76. The molecule has 2 aromatic heterocycles. The molecule has 2 amide bonds. The molecule has 1 aliphatic heterocycles. The lowest BCUT2D eigenvalue weighted by molar-refractivity contribution is -0.384. The monoisotopic (exact) mass is 456 g/mol. The van der Waals surface area contributed by atoms with Gasteiger partial charge in [0.05, 0.1) is 16.3 Å². The summed E-state index contributed by atoms with van der Waals surface area (Å²) in [5.74, 6) is 0. The van der Waals surface area contributed by atoms with Crippen LogP contribution in [0.3, 0.4) is 0 Å². The van der Waals surface area contributed by atoms with E-state index in [0.717, 1.165) is 39.9 Å². The van der Waals surface area contributed by atoms with E-state index in [2.05, 4.69) is 20.8 Å². The van der Waals surface area contributed by atoms with Gasteiger partial charge in [-0.25, -0.2) is 9.78 Å². The molecule has 0 aliphatic carbocycles. The Kier molecular flexibility index (Phi) is 5.91. The van der Waals surface area contributed by atoms with Crippen LogP contribution in [0.2, 0.25) is 0 Å². The smallest absolute Gasteiger partial charge is 0.317 e. The number of piperazine rings is 1. The lowest BCUT2D eigenvalue weighted by Crippen LogP contribution is -2.54. The van der Waals surface area contributed by atoms with Crippen LogP contribution in [0.15, 0.2) is 30.5 Å². The van der Waals surface area contributed by atoms with Crippen molar-refractivity contribution in [3.8, 4) is 11.3 Å². The van der Waals surface area contributed by atoms with E-state index in [0.29, 0.717) is 19.6 Å². The standard InChI is InChI=1S/C22H28N6O3S/c1-15-13-27-18(14-25-8-10-26(11-9-25)20(29)24-22(2,3)4)19(23-21(27)32-15)16-6-5-7-17(12-16)28(30)31/h5-7,12-13H,8-11,14H2,1-4H3,(H,24,29). The molecule has 4 rings (SSSR count). The number of urea groups is 1. The summed E-state index contributed by atoms with van der Waals surface area (Å²) < 4.78 is 2.09. The first-order chi connectivity index (χ1) is 15.1. The van der Waals surface area contributed by atoms with Gasteiger partial charge in [-0.15, -0.1) is 11.3 Å². The minimum absolute atomic E-state index is 0.0327. The SMILES string of the molecule is Cc1cn2c(CN3CCN(C(=O)NC(C)(C)C)CC3)c(-c3cccc([N+](=O)[O-])c3)nc2s1. The summed E-state index contributed by atoms with van der Waals surface area (Å²) in [6, 6.07) is 6.60. The first-order valence-electron chi connectivity index (χ1n) is 10.6. The lowest BCUT2D eigenvalue weighted by Gasteiger charge is -2.36. The Morgan fingerprint density at radius 3 is 2.62 bits per heavy atom. The number of hydrogen-bond acceptors (Lipinski definition) is 6. The Labute approximate surface area is 190 Å². The van der Waals surface area contributed by atoms with Gasteiger partial charge in [0.15, 0.2) is 4.96 Å². The molecule has 9 nitrogen and oxygen atoms in total. The fraction of sp³-hybridized carbons (Fsp3) is 0.455. The highest BCUT2D eigenvalue weighted by atomic mass is 32.1. The number of rotatable bonds is 4. The summed E-state index contributed by atoms with van der Waals surface area (Å²) in [6.07, 6.45) is 2.07. The molecule has 3 heterocycles. The zero-order chi connectivity index (χ0) is 23.0. The van der Waals surface area contributed by atoms with Gasteiger partial charge in [0.1, 0.15) is 0 Å². The molecule has 32 heavy (non-hydrogen) atoms. The van der Waals surface area contributed by atoms with Crippen LogP contribution in [0.1, 0.15) is 31.3 Å².